The average molecular weight is 517 g/mol. The second kappa shape index (κ2) is 10.5. The first kappa shape index (κ1) is 24.7. The van der Waals surface area contributed by atoms with Crippen molar-refractivity contribution in [3.63, 3.8) is 0 Å². The number of hydrogen-bond acceptors (Lipinski definition) is 9. The number of hydrazine groups is 1. The molecule has 0 aliphatic carbocycles. The van der Waals surface area contributed by atoms with Crippen LogP contribution in [0.3, 0.4) is 0 Å². The van der Waals surface area contributed by atoms with Crippen LogP contribution in [-0.4, -0.2) is 72.9 Å². The minimum absolute atomic E-state index is 0.0156. The quantitative estimate of drug-likeness (QED) is 0.463. The molecule has 0 spiro atoms. The van der Waals surface area contributed by atoms with E-state index in [0.29, 0.717) is 32.1 Å². The van der Waals surface area contributed by atoms with Crippen LogP contribution in [0.4, 0.5) is 0 Å². The highest BCUT2D eigenvalue weighted by molar-refractivity contribution is 7.86. The monoisotopic (exact) mass is 516 g/mol. The van der Waals surface area contributed by atoms with Crippen molar-refractivity contribution in [1.82, 2.24) is 20.7 Å². The number of carbonyl (C=O) groups is 1. The van der Waals surface area contributed by atoms with Crippen molar-refractivity contribution in [3.05, 3.63) is 59.3 Å². The van der Waals surface area contributed by atoms with Gasteiger partial charge in [-0.05, 0) is 23.8 Å². The molecule has 2 saturated heterocycles. The minimum atomic E-state index is -4.48. The van der Waals surface area contributed by atoms with Crippen LogP contribution in [0.5, 0.6) is 11.6 Å². The topological polar surface area (TPSA) is 139 Å². The number of amides is 1. The highest BCUT2D eigenvalue weighted by Gasteiger charge is 2.42. The number of fused-ring (bicyclic) bond motifs is 1. The predicted octanol–water partition coefficient (Wildman–Crippen LogP) is 1.38. The van der Waals surface area contributed by atoms with Gasteiger partial charge in [0.1, 0.15) is 18.5 Å². The standard InChI is InChI=1S/C24H28N4O7S/c29-24(17-6-7-22(26-14-17)35-18-8-11-33-12-9-18)27-28-21(25-15-23(28)36(30,31)32)13-16-3-1-5-20-19(16)4-2-10-34-20/h1-7,14,18,21,23,25H,8-13,15H2,(H,27,29)(H,30,31,32). The second-order valence-electron chi connectivity index (χ2n) is 8.80. The van der Waals surface area contributed by atoms with Gasteiger partial charge in [0.15, 0.2) is 5.37 Å². The van der Waals surface area contributed by atoms with Crippen LogP contribution in [0.1, 0.15) is 34.3 Å². The Balaban J connectivity index is 1.31. The maximum absolute atomic E-state index is 13.0. The molecule has 0 radical (unpaired) electrons. The smallest absolute Gasteiger partial charge is 0.284 e. The summed E-state index contributed by atoms with van der Waals surface area (Å²) < 4.78 is 50.8. The number of ether oxygens (including phenoxy) is 3. The number of aromatic nitrogens is 1. The zero-order valence-corrected chi connectivity index (χ0v) is 20.3. The second-order valence-corrected chi connectivity index (χ2v) is 10.4. The molecule has 1 amide bonds. The molecule has 36 heavy (non-hydrogen) atoms. The van der Waals surface area contributed by atoms with Gasteiger partial charge in [0.05, 0.1) is 24.9 Å². The molecule has 0 saturated carbocycles. The van der Waals surface area contributed by atoms with E-state index < -0.39 is 27.6 Å². The fraction of sp³-hybridized carbons (Fsp3) is 0.417. The zero-order chi connectivity index (χ0) is 25.1. The van der Waals surface area contributed by atoms with Gasteiger partial charge in [-0.15, -0.1) is 0 Å². The number of benzene rings is 1. The van der Waals surface area contributed by atoms with E-state index >= 15 is 0 Å². The average Bonchev–Trinajstić information content (AvgIpc) is 3.28. The summed E-state index contributed by atoms with van der Waals surface area (Å²) in [5, 5.41) is 2.99. The van der Waals surface area contributed by atoms with E-state index in [9.17, 15) is 17.8 Å². The first-order chi connectivity index (χ1) is 17.4. The minimum Gasteiger partial charge on any atom is -0.489 e. The molecule has 3 N–H and O–H groups in total. The van der Waals surface area contributed by atoms with Gasteiger partial charge in [0, 0.05) is 43.6 Å². The van der Waals surface area contributed by atoms with Gasteiger partial charge < -0.3 is 14.2 Å². The molecule has 12 heteroatoms. The van der Waals surface area contributed by atoms with Crippen molar-refractivity contribution in [2.75, 3.05) is 26.4 Å². The van der Waals surface area contributed by atoms with Crippen molar-refractivity contribution in [2.24, 2.45) is 0 Å². The number of nitrogens with zero attached hydrogens (tertiary/aromatic N) is 2. The van der Waals surface area contributed by atoms with Gasteiger partial charge in [-0.1, -0.05) is 18.2 Å². The number of carbonyl (C=O) groups excluding carboxylic acids is 1. The maximum atomic E-state index is 13.0. The van der Waals surface area contributed by atoms with Crippen LogP contribution in [0.25, 0.3) is 6.08 Å². The van der Waals surface area contributed by atoms with E-state index in [2.05, 4.69) is 15.7 Å². The lowest BCUT2D eigenvalue weighted by Gasteiger charge is -2.28. The molecule has 1 aromatic heterocycles. The van der Waals surface area contributed by atoms with E-state index in [1.807, 2.05) is 30.4 Å². The Morgan fingerprint density at radius 3 is 2.83 bits per heavy atom. The Bertz CT molecular complexity index is 1230. The molecule has 192 valence electrons. The first-order valence-electron chi connectivity index (χ1n) is 11.8. The van der Waals surface area contributed by atoms with Gasteiger partial charge in [-0.3, -0.25) is 20.1 Å². The van der Waals surface area contributed by atoms with Gasteiger partial charge in [-0.2, -0.15) is 13.4 Å². The number of nitrogens with one attached hydrogen (secondary N) is 2. The Labute approximate surface area is 209 Å². The molecule has 1 aromatic carbocycles. The summed E-state index contributed by atoms with van der Waals surface area (Å²) in [6.07, 6.45) is 6.57. The highest BCUT2D eigenvalue weighted by atomic mass is 32.2. The van der Waals surface area contributed by atoms with E-state index in [1.165, 1.54) is 11.2 Å². The molecule has 2 unspecified atom stereocenters. The fourth-order valence-corrected chi connectivity index (χ4v) is 5.32. The predicted molar refractivity (Wildman–Crippen MR) is 130 cm³/mol. The molecule has 2 fully saturated rings. The summed E-state index contributed by atoms with van der Waals surface area (Å²) in [4.78, 5) is 17.2. The number of pyridine rings is 1. The lowest BCUT2D eigenvalue weighted by Crippen LogP contribution is -2.54. The maximum Gasteiger partial charge on any atom is 0.284 e. The number of rotatable bonds is 7. The summed E-state index contributed by atoms with van der Waals surface area (Å²) in [7, 11) is -4.48. The van der Waals surface area contributed by atoms with E-state index in [1.54, 1.807) is 12.1 Å². The lowest BCUT2D eigenvalue weighted by atomic mass is 10.0. The third-order valence-electron chi connectivity index (χ3n) is 6.39. The van der Waals surface area contributed by atoms with Crippen LogP contribution in [0.2, 0.25) is 0 Å². The van der Waals surface area contributed by atoms with Gasteiger partial charge in [0.25, 0.3) is 16.0 Å². The van der Waals surface area contributed by atoms with E-state index in [0.717, 1.165) is 29.7 Å². The van der Waals surface area contributed by atoms with Gasteiger partial charge in [0.2, 0.25) is 5.88 Å². The summed E-state index contributed by atoms with van der Waals surface area (Å²) in [5.74, 6) is 0.587. The first-order valence-corrected chi connectivity index (χ1v) is 13.3. The molecule has 4 heterocycles. The van der Waals surface area contributed by atoms with Crippen LogP contribution < -0.4 is 20.2 Å². The van der Waals surface area contributed by atoms with Crippen LogP contribution in [0, 0.1) is 0 Å². The Morgan fingerprint density at radius 2 is 2.08 bits per heavy atom. The van der Waals surface area contributed by atoms with Crippen molar-refractivity contribution >= 4 is 22.1 Å². The van der Waals surface area contributed by atoms with E-state index in [4.69, 9.17) is 14.2 Å². The molecule has 2 aromatic rings. The molecule has 0 bridgehead atoms. The van der Waals surface area contributed by atoms with Crippen LogP contribution in [0.15, 0.2) is 42.6 Å². The third kappa shape index (κ3) is 5.52. The largest absolute Gasteiger partial charge is 0.489 e. The van der Waals surface area contributed by atoms with Crippen LogP contribution in [-0.2, 0) is 21.3 Å². The molecular formula is C24H28N4O7S. The Kier molecular flexibility index (Phi) is 7.21. The SMILES string of the molecule is O=C(NN1C(Cc2cccc3c2C=CCO3)NCC1S(=O)(=O)O)c1ccc(OC2CCOCC2)nc1. The van der Waals surface area contributed by atoms with Crippen molar-refractivity contribution in [2.45, 2.75) is 36.9 Å². The highest BCUT2D eigenvalue weighted by Crippen LogP contribution is 2.29. The Morgan fingerprint density at radius 1 is 1.25 bits per heavy atom. The molecule has 2 atom stereocenters. The van der Waals surface area contributed by atoms with Gasteiger partial charge >= 0.3 is 0 Å². The van der Waals surface area contributed by atoms with Crippen molar-refractivity contribution < 1.29 is 32.0 Å². The summed E-state index contributed by atoms with van der Waals surface area (Å²) >= 11 is 0. The summed E-state index contributed by atoms with van der Waals surface area (Å²) in [5.41, 5.74) is 4.68. The van der Waals surface area contributed by atoms with E-state index in [-0.39, 0.29) is 18.2 Å². The molecule has 11 nitrogen and oxygen atoms in total. The fourth-order valence-electron chi connectivity index (χ4n) is 4.53. The molecular weight excluding hydrogens is 488 g/mol. The normalized spacial score (nSPS) is 22.6. The molecule has 3 aliphatic heterocycles. The lowest BCUT2D eigenvalue weighted by molar-refractivity contribution is 0.0237. The van der Waals surface area contributed by atoms with Crippen molar-refractivity contribution in [1.29, 1.82) is 0 Å². The molecule has 3 aliphatic rings. The molecule has 5 rings (SSSR count). The van der Waals surface area contributed by atoms with Crippen LogP contribution >= 0.6 is 0 Å². The van der Waals surface area contributed by atoms with Crippen molar-refractivity contribution in [3.8, 4) is 11.6 Å². The summed E-state index contributed by atoms with van der Waals surface area (Å²) in [6.45, 7) is 1.71. The number of hydrogen-bond donors (Lipinski definition) is 3. The summed E-state index contributed by atoms with van der Waals surface area (Å²) in [6, 6.07) is 8.82. The van der Waals surface area contributed by atoms with Gasteiger partial charge in [-0.25, -0.2) is 4.98 Å². The Hall–Kier alpha value is -3.03. The zero-order valence-electron chi connectivity index (χ0n) is 19.5. The third-order valence-corrected chi connectivity index (χ3v) is 7.47.